The monoisotopic (exact) mass is 338 g/mol. The van der Waals surface area contributed by atoms with E-state index >= 15 is 0 Å². The van der Waals surface area contributed by atoms with Crippen LogP contribution in [0.5, 0.6) is 0 Å². The maximum absolute atomic E-state index is 13.6. The van der Waals surface area contributed by atoms with E-state index in [9.17, 15) is 21.6 Å². The number of morpholine rings is 1. The van der Waals surface area contributed by atoms with Gasteiger partial charge in [0.25, 0.3) is 0 Å². The molecule has 1 saturated heterocycles. The molecule has 0 amide bonds. The highest BCUT2D eigenvalue weighted by atomic mass is 32.2. The van der Waals surface area contributed by atoms with Crippen LogP contribution in [0.2, 0.25) is 0 Å². The van der Waals surface area contributed by atoms with Gasteiger partial charge in [-0.15, -0.1) is 0 Å². The average molecular weight is 338 g/mol. The van der Waals surface area contributed by atoms with Crippen molar-refractivity contribution in [3.8, 4) is 0 Å². The smallest absolute Gasteiger partial charge is 0.243 e. The lowest BCUT2D eigenvalue weighted by Gasteiger charge is -2.32. The first-order chi connectivity index (χ1) is 10.3. The Hall–Kier alpha value is -1.16. The van der Waals surface area contributed by atoms with Gasteiger partial charge in [0.1, 0.15) is 4.90 Å². The summed E-state index contributed by atoms with van der Waals surface area (Å²) in [6.07, 6.45) is 0. The maximum Gasteiger partial charge on any atom is 0.243 e. The van der Waals surface area contributed by atoms with Crippen LogP contribution >= 0.6 is 0 Å². The summed E-state index contributed by atoms with van der Waals surface area (Å²) < 4.78 is 71.0. The van der Waals surface area contributed by atoms with Crippen molar-refractivity contribution in [2.24, 2.45) is 0 Å². The third-order valence-electron chi connectivity index (χ3n) is 3.53. The summed E-state index contributed by atoms with van der Waals surface area (Å²) in [7, 11) is -4.25. The minimum absolute atomic E-state index is 0.0285. The Bertz CT molecular complexity index is 634. The van der Waals surface area contributed by atoms with Crippen LogP contribution in [0.25, 0.3) is 0 Å². The van der Waals surface area contributed by atoms with E-state index < -0.39 is 32.4 Å². The molecule has 5 nitrogen and oxygen atoms in total. The molecule has 1 N–H and O–H groups in total. The van der Waals surface area contributed by atoms with Crippen molar-refractivity contribution in [2.75, 3.05) is 32.8 Å². The van der Waals surface area contributed by atoms with Gasteiger partial charge in [0.2, 0.25) is 10.0 Å². The Morgan fingerprint density at radius 1 is 1.23 bits per heavy atom. The highest BCUT2D eigenvalue weighted by molar-refractivity contribution is 7.89. The molecule has 1 aromatic carbocycles. The number of nitrogens with one attached hydrogen (secondary N) is 1. The fraction of sp³-hybridized carbons (Fsp3) is 0.538. The van der Waals surface area contributed by atoms with Crippen LogP contribution in [-0.4, -0.2) is 52.2 Å². The van der Waals surface area contributed by atoms with Crippen LogP contribution < -0.4 is 4.72 Å². The molecule has 0 spiro atoms. The Labute approximate surface area is 127 Å². The molecule has 0 bridgehead atoms. The first-order valence-corrected chi connectivity index (χ1v) is 8.26. The van der Waals surface area contributed by atoms with Crippen LogP contribution in [0.3, 0.4) is 0 Å². The molecule has 0 unspecified atom stereocenters. The van der Waals surface area contributed by atoms with Gasteiger partial charge in [-0.3, -0.25) is 4.90 Å². The molecule has 1 aliphatic heterocycles. The van der Waals surface area contributed by atoms with Gasteiger partial charge in [-0.25, -0.2) is 26.3 Å². The SMILES string of the molecule is C[C@H](CNS(=O)(=O)c1ccc(F)c(F)c1F)N1CCOCC1. The molecule has 0 saturated carbocycles. The number of ether oxygens (including phenoxy) is 1. The lowest BCUT2D eigenvalue weighted by Crippen LogP contribution is -2.47. The molecule has 0 aromatic heterocycles. The molecule has 2 rings (SSSR count). The van der Waals surface area contributed by atoms with Gasteiger partial charge in [-0.2, -0.15) is 0 Å². The van der Waals surface area contributed by atoms with Crippen molar-refractivity contribution in [1.82, 2.24) is 9.62 Å². The normalized spacial score (nSPS) is 18.4. The molecule has 9 heteroatoms. The zero-order valence-corrected chi connectivity index (χ0v) is 12.8. The fourth-order valence-electron chi connectivity index (χ4n) is 2.17. The second-order valence-electron chi connectivity index (χ2n) is 5.02. The first kappa shape index (κ1) is 17.2. The van der Waals surface area contributed by atoms with Crippen molar-refractivity contribution < 1.29 is 26.3 Å². The standard InChI is InChI=1S/C13H17F3N2O3S/c1-9(18-4-6-21-7-5-18)8-17-22(19,20)11-3-2-10(14)12(15)13(11)16/h2-3,9,17H,4-8H2,1H3/t9-/m1/s1. The molecular formula is C13H17F3N2O3S. The summed E-state index contributed by atoms with van der Waals surface area (Å²) in [6.45, 7) is 4.31. The van der Waals surface area contributed by atoms with Crippen molar-refractivity contribution in [3.05, 3.63) is 29.6 Å². The van der Waals surface area contributed by atoms with E-state index in [2.05, 4.69) is 4.72 Å². The van der Waals surface area contributed by atoms with E-state index in [1.807, 2.05) is 11.8 Å². The van der Waals surface area contributed by atoms with Gasteiger partial charge >= 0.3 is 0 Å². The van der Waals surface area contributed by atoms with Gasteiger partial charge in [-0.05, 0) is 19.1 Å². The molecule has 1 aliphatic rings. The molecule has 1 heterocycles. The Morgan fingerprint density at radius 3 is 2.50 bits per heavy atom. The molecule has 1 aromatic rings. The molecule has 124 valence electrons. The molecule has 1 fully saturated rings. The van der Waals surface area contributed by atoms with Crippen molar-refractivity contribution >= 4 is 10.0 Å². The van der Waals surface area contributed by atoms with Crippen LogP contribution in [0, 0.1) is 17.5 Å². The number of nitrogens with zero attached hydrogens (tertiary/aromatic N) is 1. The highest BCUT2D eigenvalue weighted by Gasteiger charge is 2.25. The third kappa shape index (κ3) is 3.78. The minimum atomic E-state index is -4.25. The van der Waals surface area contributed by atoms with Crippen LogP contribution in [0.4, 0.5) is 13.2 Å². The van der Waals surface area contributed by atoms with Crippen molar-refractivity contribution in [1.29, 1.82) is 0 Å². The number of hydrogen-bond acceptors (Lipinski definition) is 4. The first-order valence-electron chi connectivity index (χ1n) is 6.78. The van der Waals surface area contributed by atoms with Gasteiger partial charge in [0.15, 0.2) is 17.5 Å². The molecule has 22 heavy (non-hydrogen) atoms. The summed E-state index contributed by atoms with van der Waals surface area (Å²) in [5.74, 6) is -4.95. The highest BCUT2D eigenvalue weighted by Crippen LogP contribution is 2.19. The number of benzene rings is 1. The van der Waals surface area contributed by atoms with Gasteiger partial charge < -0.3 is 4.74 Å². The van der Waals surface area contributed by atoms with Crippen LogP contribution in [0.15, 0.2) is 17.0 Å². The van der Waals surface area contributed by atoms with E-state index in [1.165, 1.54) is 0 Å². The summed E-state index contributed by atoms with van der Waals surface area (Å²) in [4.78, 5) is 1.12. The van der Waals surface area contributed by atoms with Gasteiger partial charge in [0, 0.05) is 25.7 Å². The zero-order valence-electron chi connectivity index (χ0n) is 12.0. The lowest BCUT2D eigenvalue weighted by atomic mass is 10.2. The summed E-state index contributed by atoms with van der Waals surface area (Å²) in [6, 6.07) is 1.15. The molecule has 0 radical (unpaired) electrons. The fourth-order valence-corrected chi connectivity index (χ4v) is 3.36. The predicted molar refractivity (Wildman–Crippen MR) is 73.4 cm³/mol. The third-order valence-corrected chi connectivity index (χ3v) is 4.97. The maximum atomic E-state index is 13.6. The molecular weight excluding hydrogens is 321 g/mol. The number of rotatable bonds is 5. The van der Waals surface area contributed by atoms with E-state index in [0.717, 1.165) is 0 Å². The van der Waals surface area contributed by atoms with E-state index in [4.69, 9.17) is 4.74 Å². The van der Waals surface area contributed by atoms with Gasteiger partial charge in [0.05, 0.1) is 13.2 Å². The average Bonchev–Trinajstić information content (AvgIpc) is 2.51. The van der Waals surface area contributed by atoms with E-state index in [1.54, 1.807) is 0 Å². The van der Waals surface area contributed by atoms with Crippen LogP contribution in [0.1, 0.15) is 6.92 Å². The lowest BCUT2D eigenvalue weighted by molar-refractivity contribution is 0.0213. The van der Waals surface area contributed by atoms with E-state index in [-0.39, 0.29) is 12.6 Å². The zero-order chi connectivity index (χ0) is 16.3. The quantitative estimate of drug-likeness (QED) is 0.817. The molecule has 0 aliphatic carbocycles. The summed E-state index contributed by atoms with van der Waals surface area (Å²) in [5.41, 5.74) is 0. The van der Waals surface area contributed by atoms with Crippen molar-refractivity contribution in [2.45, 2.75) is 17.9 Å². The van der Waals surface area contributed by atoms with Crippen LogP contribution in [-0.2, 0) is 14.8 Å². The van der Waals surface area contributed by atoms with E-state index in [0.29, 0.717) is 38.4 Å². The predicted octanol–water partition coefficient (Wildman–Crippen LogP) is 1.10. The van der Waals surface area contributed by atoms with Gasteiger partial charge in [-0.1, -0.05) is 0 Å². The number of sulfonamides is 1. The topological polar surface area (TPSA) is 58.6 Å². The second kappa shape index (κ2) is 6.95. The number of halogens is 3. The largest absolute Gasteiger partial charge is 0.379 e. The summed E-state index contributed by atoms with van der Waals surface area (Å²) >= 11 is 0. The number of hydrogen-bond donors (Lipinski definition) is 1. The second-order valence-corrected chi connectivity index (χ2v) is 6.76. The Balaban J connectivity index is 2.06. The Morgan fingerprint density at radius 2 is 1.86 bits per heavy atom. The minimum Gasteiger partial charge on any atom is -0.379 e. The Kier molecular flexibility index (Phi) is 5.43. The van der Waals surface area contributed by atoms with Crippen molar-refractivity contribution in [3.63, 3.8) is 0 Å². The summed E-state index contributed by atoms with van der Waals surface area (Å²) in [5, 5.41) is 0. The molecule has 1 atom stereocenters.